The van der Waals surface area contributed by atoms with Gasteiger partial charge in [0, 0.05) is 5.56 Å². The van der Waals surface area contributed by atoms with E-state index in [-0.39, 0.29) is 47.7 Å². The van der Waals surface area contributed by atoms with Crippen LogP contribution in [0, 0.1) is 0 Å². The van der Waals surface area contributed by atoms with Gasteiger partial charge in [0.05, 0.1) is 11.4 Å². The van der Waals surface area contributed by atoms with Gasteiger partial charge in [-0.2, -0.15) is 0 Å². The van der Waals surface area contributed by atoms with Crippen molar-refractivity contribution in [2.24, 2.45) is 0 Å². The number of fused-ring (bicyclic) bond motifs is 1. The predicted octanol–water partition coefficient (Wildman–Crippen LogP) is -3.68. The number of hydrogen-bond donors (Lipinski definition) is 2. The summed E-state index contributed by atoms with van der Waals surface area (Å²) in [6.07, 6.45) is 0. The SMILES string of the molecule is O=S([O-])OC(O)(O)c1ccc2c(c1)OCO2.[Na+]. The fraction of sp³-hybridized carbons (Fsp3) is 0.250. The molecule has 1 aliphatic rings. The van der Waals surface area contributed by atoms with Crippen molar-refractivity contribution in [1.29, 1.82) is 0 Å². The van der Waals surface area contributed by atoms with Crippen LogP contribution >= 0.6 is 0 Å². The van der Waals surface area contributed by atoms with Crippen molar-refractivity contribution in [3.63, 3.8) is 0 Å². The molecule has 0 aromatic heterocycles. The van der Waals surface area contributed by atoms with E-state index in [9.17, 15) is 19.0 Å². The van der Waals surface area contributed by atoms with Crippen molar-refractivity contribution in [3.05, 3.63) is 23.8 Å². The monoisotopic (exact) mass is 270 g/mol. The summed E-state index contributed by atoms with van der Waals surface area (Å²) in [5.74, 6) is -2.21. The molecule has 7 nitrogen and oxygen atoms in total. The fourth-order valence-electron chi connectivity index (χ4n) is 1.24. The van der Waals surface area contributed by atoms with Crippen LogP contribution in [0.2, 0.25) is 0 Å². The molecule has 1 aromatic rings. The second-order valence-corrected chi connectivity index (χ2v) is 3.54. The smallest absolute Gasteiger partial charge is 0.750 e. The largest absolute Gasteiger partial charge is 1.00 e. The van der Waals surface area contributed by atoms with Gasteiger partial charge < -0.3 is 24.2 Å². The molecule has 2 rings (SSSR count). The molecule has 0 fully saturated rings. The molecule has 1 aliphatic heterocycles. The summed E-state index contributed by atoms with van der Waals surface area (Å²) in [7, 11) is 0. The van der Waals surface area contributed by atoms with Crippen molar-refractivity contribution in [1.82, 2.24) is 0 Å². The first-order valence-corrected chi connectivity index (χ1v) is 5.12. The summed E-state index contributed by atoms with van der Waals surface area (Å²) in [4.78, 5) is 0. The Balaban J connectivity index is 0.00000144. The summed E-state index contributed by atoms with van der Waals surface area (Å²) >= 11 is -3.06. The first-order chi connectivity index (χ1) is 7.49. The van der Waals surface area contributed by atoms with Crippen LogP contribution in [0.3, 0.4) is 0 Å². The maximum atomic E-state index is 10.2. The van der Waals surface area contributed by atoms with Gasteiger partial charge in [0.2, 0.25) is 6.79 Å². The van der Waals surface area contributed by atoms with Crippen LogP contribution in [-0.4, -0.2) is 25.8 Å². The summed E-state index contributed by atoms with van der Waals surface area (Å²) in [5.41, 5.74) is -0.180. The minimum Gasteiger partial charge on any atom is -0.750 e. The quantitative estimate of drug-likeness (QED) is 0.331. The van der Waals surface area contributed by atoms with Gasteiger partial charge in [-0.25, -0.2) is 8.39 Å². The van der Waals surface area contributed by atoms with Crippen LogP contribution in [0.15, 0.2) is 18.2 Å². The first kappa shape index (κ1) is 14.9. The minimum absolute atomic E-state index is 0. The van der Waals surface area contributed by atoms with Crippen molar-refractivity contribution in [2.45, 2.75) is 5.97 Å². The zero-order chi connectivity index (χ0) is 11.8. The van der Waals surface area contributed by atoms with Crippen molar-refractivity contribution in [3.8, 4) is 11.5 Å². The predicted molar refractivity (Wildman–Crippen MR) is 48.7 cm³/mol. The van der Waals surface area contributed by atoms with E-state index in [1.165, 1.54) is 18.2 Å². The molecule has 1 atom stereocenters. The molecule has 9 heteroatoms. The Kier molecular flexibility index (Phi) is 4.93. The minimum atomic E-state index is -3.06. The average molecular weight is 270 g/mol. The van der Waals surface area contributed by atoms with E-state index in [0.29, 0.717) is 5.75 Å². The van der Waals surface area contributed by atoms with E-state index in [1.54, 1.807) is 0 Å². The van der Waals surface area contributed by atoms with Crippen LogP contribution in [0.25, 0.3) is 0 Å². The molecule has 0 bridgehead atoms. The van der Waals surface area contributed by atoms with E-state index >= 15 is 0 Å². The van der Waals surface area contributed by atoms with Gasteiger partial charge in [-0.15, -0.1) is 0 Å². The molecule has 0 saturated carbocycles. The third-order valence-electron chi connectivity index (χ3n) is 1.93. The zero-order valence-electron chi connectivity index (χ0n) is 8.78. The molecule has 0 radical (unpaired) electrons. The average Bonchev–Trinajstić information content (AvgIpc) is 2.61. The van der Waals surface area contributed by atoms with Crippen LogP contribution < -0.4 is 39.0 Å². The molecule has 2 N–H and O–H groups in total. The third-order valence-corrected chi connectivity index (χ3v) is 2.30. The Morgan fingerprint density at radius 1 is 1.35 bits per heavy atom. The Morgan fingerprint density at radius 2 is 2.00 bits per heavy atom. The summed E-state index contributed by atoms with van der Waals surface area (Å²) in [5, 5.41) is 18.7. The van der Waals surface area contributed by atoms with Gasteiger partial charge in [-0.3, -0.25) is 0 Å². The number of rotatable bonds is 3. The molecule has 0 amide bonds. The molecule has 0 saturated heterocycles. The van der Waals surface area contributed by atoms with Crippen LogP contribution in [-0.2, 0) is 21.5 Å². The van der Waals surface area contributed by atoms with Crippen molar-refractivity contribution in [2.75, 3.05) is 6.79 Å². The van der Waals surface area contributed by atoms with Crippen molar-refractivity contribution < 1.29 is 62.2 Å². The topological polar surface area (TPSA) is 108 Å². The molecule has 0 aliphatic carbocycles. The fourth-order valence-corrected chi connectivity index (χ4v) is 1.53. The molecular formula is C8H7NaO7S. The Bertz CT molecular complexity index is 436. The maximum absolute atomic E-state index is 10.2. The molecule has 0 spiro atoms. The third kappa shape index (κ3) is 3.39. The standard InChI is InChI=1S/C8H8O7S.Na/c9-8(10,15-16(11)12)5-1-2-6-7(3-5)14-4-13-6;/h1-3,9-10H,4H2,(H,11,12);/q;+1/p-1. The van der Waals surface area contributed by atoms with Gasteiger partial charge >= 0.3 is 35.5 Å². The zero-order valence-corrected chi connectivity index (χ0v) is 11.6. The van der Waals surface area contributed by atoms with Crippen LogP contribution in [0.1, 0.15) is 5.56 Å². The van der Waals surface area contributed by atoms with E-state index < -0.39 is 17.3 Å². The number of benzene rings is 1. The molecule has 1 heterocycles. The molecule has 1 aromatic carbocycles. The number of ether oxygens (including phenoxy) is 2. The second kappa shape index (κ2) is 5.63. The Labute approximate surface area is 121 Å². The maximum Gasteiger partial charge on any atom is 1.00 e. The summed E-state index contributed by atoms with van der Waals surface area (Å²) < 4.78 is 34.3. The molecule has 1 unspecified atom stereocenters. The van der Waals surface area contributed by atoms with Crippen molar-refractivity contribution >= 4 is 11.4 Å². The van der Waals surface area contributed by atoms with Gasteiger partial charge in [0.1, 0.15) is 0 Å². The van der Waals surface area contributed by atoms with Gasteiger partial charge in [-0.05, 0) is 18.2 Å². The van der Waals surface area contributed by atoms with Crippen LogP contribution in [0.4, 0.5) is 0 Å². The second-order valence-electron chi connectivity index (χ2n) is 2.96. The number of aliphatic hydroxyl groups is 2. The number of hydrogen-bond acceptors (Lipinski definition) is 7. The van der Waals surface area contributed by atoms with E-state index in [2.05, 4.69) is 4.18 Å². The van der Waals surface area contributed by atoms with Gasteiger partial charge in [0.15, 0.2) is 11.5 Å². The summed E-state index contributed by atoms with van der Waals surface area (Å²) in [6, 6.07) is 3.88. The van der Waals surface area contributed by atoms with E-state index in [1.807, 2.05) is 0 Å². The van der Waals surface area contributed by atoms with E-state index in [0.717, 1.165) is 0 Å². The van der Waals surface area contributed by atoms with Gasteiger partial charge in [0.25, 0.3) is 0 Å². The normalized spacial score (nSPS) is 15.2. The van der Waals surface area contributed by atoms with E-state index in [4.69, 9.17) is 9.47 Å². The molecular weight excluding hydrogens is 263 g/mol. The molecule has 17 heavy (non-hydrogen) atoms. The summed E-state index contributed by atoms with van der Waals surface area (Å²) in [6.45, 7) is 0.0248. The van der Waals surface area contributed by atoms with Crippen LogP contribution in [0.5, 0.6) is 11.5 Å². The Morgan fingerprint density at radius 3 is 2.65 bits per heavy atom. The van der Waals surface area contributed by atoms with Gasteiger partial charge in [-0.1, -0.05) is 0 Å². The first-order valence-electron chi connectivity index (χ1n) is 4.12. The molecule has 88 valence electrons. The Hall–Kier alpha value is -0.190.